The Balaban J connectivity index is 1.40. The average Bonchev–Trinajstić information content (AvgIpc) is 2.85. The van der Waals surface area contributed by atoms with Gasteiger partial charge in [0.25, 0.3) is 0 Å². The fourth-order valence-corrected chi connectivity index (χ4v) is 7.88. The van der Waals surface area contributed by atoms with E-state index in [4.69, 9.17) is 0 Å². The van der Waals surface area contributed by atoms with Crippen LogP contribution in [0.15, 0.2) is 34.1 Å². The fraction of sp³-hybridized carbons (Fsp3) is 0.682. The molecule has 178 valence electrons. The second kappa shape index (κ2) is 9.79. The number of hydrogen-bond acceptors (Lipinski definition) is 5. The number of amides is 1. The summed E-state index contributed by atoms with van der Waals surface area (Å²) in [6, 6.07) is 5.54. The van der Waals surface area contributed by atoms with Crippen LogP contribution in [0.3, 0.4) is 0 Å². The first-order valence-electron chi connectivity index (χ1n) is 11.7. The van der Waals surface area contributed by atoms with Gasteiger partial charge in [-0.15, -0.1) is 0 Å². The standard InChI is InChI=1S/C22H33N3O5S2/c26-22(19-7-3-1-4-8-19)23-15-17-25(18-16-23)32(29,30)21-11-9-20(10-12-21)31(27,28)24-13-5-2-6-14-24/h9-12,19H,1-8,13-18H2. The van der Waals surface area contributed by atoms with Gasteiger partial charge in [-0.2, -0.15) is 8.61 Å². The molecule has 1 aromatic rings. The molecule has 1 amide bonds. The number of sulfonamides is 2. The minimum Gasteiger partial charge on any atom is -0.340 e. The number of benzene rings is 1. The Kier molecular flexibility index (Phi) is 7.24. The summed E-state index contributed by atoms with van der Waals surface area (Å²) in [7, 11) is -7.33. The first-order valence-corrected chi connectivity index (χ1v) is 14.6. The summed E-state index contributed by atoms with van der Waals surface area (Å²) >= 11 is 0. The third-order valence-electron chi connectivity index (χ3n) is 6.92. The Morgan fingerprint density at radius 2 is 1.06 bits per heavy atom. The van der Waals surface area contributed by atoms with E-state index in [0.717, 1.165) is 44.9 Å². The zero-order valence-corrected chi connectivity index (χ0v) is 20.1. The lowest BCUT2D eigenvalue weighted by Gasteiger charge is -2.36. The summed E-state index contributed by atoms with van der Waals surface area (Å²) in [5.74, 6) is 0.246. The minimum atomic E-state index is -3.74. The largest absolute Gasteiger partial charge is 0.340 e. The van der Waals surface area contributed by atoms with Gasteiger partial charge in [0.05, 0.1) is 9.79 Å². The van der Waals surface area contributed by atoms with Crippen LogP contribution < -0.4 is 0 Å². The van der Waals surface area contributed by atoms with Gasteiger partial charge in [0.15, 0.2) is 0 Å². The summed E-state index contributed by atoms with van der Waals surface area (Å²) in [4.78, 5) is 14.8. The zero-order valence-electron chi connectivity index (χ0n) is 18.5. The summed E-state index contributed by atoms with van der Waals surface area (Å²) in [6.45, 7) is 2.33. The molecule has 10 heteroatoms. The predicted molar refractivity (Wildman–Crippen MR) is 121 cm³/mol. The van der Waals surface area contributed by atoms with Crippen molar-refractivity contribution >= 4 is 26.0 Å². The molecule has 0 unspecified atom stereocenters. The van der Waals surface area contributed by atoms with Crippen LogP contribution in [0.4, 0.5) is 0 Å². The Labute approximate surface area is 191 Å². The lowest BCUT2D eigenvalue weighted by atomic mass is 9.88. The van der Waals surface area contributed by atoms with Crippen LogP contribution in [0.2, 0.25) is 0 Å². The number of carbonyl (C=O) groups excluding carboxylic acids is 1. The van der Waals surface area contributed by atoms with Crippen LogP contribution in [0.5, 0.6) is 0 Å². The van der Waals surface area contributed by atoms with Crippen molar-refractivity contribution in [1.82, 2.24) is 13.5 Å². The Morgan fingerprint density at radius 1 is 0.625 bits per heavy atom. The van der Waals surface area contributed by atoms with Gasteiger partial charge in [-0.3, -0.25) is 4.79 Å². The smallest absolute Gasteiger partial charge is 0.243 e. The molecule has 2 aliphatic heterocycles. The van der Waals surface area contributed by atoms with Crippen molar-refractivity contribution in [2.24, 2.45) is 5.92 Å². The topological polar surface area (TPSA) is 95.1 Å². The van der Waals surface area contributed by atoms with E-state index in [2.05, 4.69) is 0 Å². The van der Waals surface area contributed by atoms with Crippen molar-refractivity contribution < 1.29 is 21.6 Å². The van der Waals surface area contributed by atoms with Crippen molar-refractivity contribution in [1.29, 1.82) is 0 Å². The van der Waals surface area contributed by atoms with E-state index in [1.54, 1.807) is 4.90 Å². The van der Waals surface area contributed by atoms with Gasteiger partial charge < -0.3 is 4.90 Å². The van der Waals surface area contributed by atoms with Crippen LogP contribution in [0.25, 0.3) is 0 Å². The molecule has 1 aliphatic carbocycles. The first-order chi connectivity index (χ1) is 15.3. The van der Waals surface area contributed by atoms with Crippen molar-refractivity contribution in [2.75, 3.05) is 39.3 Å². The summed E-state index contributed by atoms with van der Waals surface area (Å²) in [5, 5.41) is 0. The SMILES string of the molecule is O=C(C1CCCCC1)N1CCN(S(=O)(=O)c2ccc(S(=O)(=O)N3CCCCC3)cc2)CC1. The molecule has 1 aromatic carbocycles. The highest BCUT2D eigenvalue weighted by molar-refractivity contribution is 7.89. The molecule has 0 spiro atoms. The van der Waals surface area contributed by atoms with Gasteiger partial charge in [0, 0.05) is 45.2 Å². The monoisotopic (exact) mass is 483 g/mol. The van der Waals surface area contributed by atoms with E-state index in [-0.39, 0.29) is 34.7 Å². The van der Waals surface area contributed by atoms with E-state index < -0.39 is 20.0 Å². The molecular weight excluding hydrogens is 450 g/mol. The van der Waals surface area contributed by atoms with Crippen LogP contribution in [-0.4, -0.2) is 75.5 Å². The molecule has 0 radical (unpaired) electrons. The number of nitrogens with zero attached hydrogens (tertiary/aromatic N) is 3. The summed E-state index contributed by atoms with van der Waals surface area (Å²) in [5.41, 5.74) is 0. The molecule has 8 nitrogen and oxygen atoms in total. The summed E-state index contributed by atoms with van der Waals surface area (Å²) < 4.78 is 54.7. The highest BCUT2D eigenvalue weighted by Gasteiger charge is 2.33. The molecule has 1 saturated carbocycles. The normalized spacial score (nSPS) is 22.7. The van der Waals surface area contributed by atoms with Crippen molar-refractivity contribution in [3.8, 4) is 0 Å². The number of piperazine rings is 1. The number of piperidine rings is 1. The van der Waals surface area contributed by atoms with Crippen molar-refractivity contribution in [2.45, 2.75) is 61.2 Å². The number of rotatable bonds is 5. The first kappa shape index (κ1) is 23.7. The molecule has 0 bridgehead atoms. The van der Waals surface area contributed by atoms with E-state index in [0.29, 0.717) is 26.2 Å². The Morgan fingerprint density at radius 3 is 1.56 bits per heavy atom. The number of hydrogen-bond donors (Lipinski definition) is 0. The molecule has 0 N–H and O–H groups in total. The molecule has 2 saturated heterocycles. The molecular formula is C22H33N3O5S2. The quantitative estimate of drug-likeness (QED) is 0.640. The van der Waals surface area contributed by atoms with E-state index in [1.165, 1.54) is 39.3 Å². The van der Waals surface area contributed by atoms with Gasteiger partial charge in [0.1, 0.15) is 0 Å². The third-order valence-corrected chi connectivity index (χ3v) is 10.7. The van der Waals surface area contributed by atoms with E-state index in [9.17, 15) is 21.6 Å². The highest BCUT2D eigenvalue weighted by atomic mass is 32.2. The van der Waals surface area contributed by atoms with Gasteiger partial charge in [-0.05, 0) is 49.9 Å². The molecule has 3 fully saturated rings. The third kappa shape index (κ3) is 4.88. The maximum atomic E-state index is 13.1. The number of carbonyl (C=O) groups is 1. The zero-order chi connectivity index (χ0) is 22.8. The Hall–Kier alpha value is -1.49. The van der Waals surface area contributed by atoms with Gasteiger partial charge in [-0.25, -0.2) is 16.8 Å². The van der Waals surface area contributed by atoms with Crippen LogP contribution in [0.1, 0.15) is 51.4 Å². The minimum absolute atomic E-state index is 0.0845. The van der Waals surface area contributed by atoms with E-state index in [1.807, 2.05) is 0 Å². The predicted octanol–water partition coefficient (Wildman–Crippen LogP) is 2.27. The molecule has 32 heavy (non-hydrogen) atoms. The highest BCUT2D eigenvalue weighted by Crippen LogP contribution is 2.27. The van der Waals surface area contributed by atoms with Crippen LogP contribution in [0, 0.1) is 5.92 Å². The van der Waals surface area contributed by atoms with Crippen molar-refractivity contribution in [3.63, 3.8) is 0 Å². The average molecular weight is 484 g/mol. The maximum Gasteiger partial charge on any atom is 0.243 e. The molecule has 2 heterocycles. The lowest BCUT2D eigenvalue weighted by Crippen LogP contribution is -2.52. The molecule has 4 rings (SSSR count). The molecule has 0 aromatic heterocycles. The molecule has 0 atom stereocenters. The van der Waals surface area contributed by atoms with Gasteiger partial charge in [-0.1, -0.05) is 25.7 Å². The molecule has 3 aliphatic rings. The second-order valence-corrected chi connectivity index (χ2v) is 12.9. The van der Waals surface area contributed by atoms with Crippen LogP contribution in [-0.2, 0) is 24.8 Å². The van der Waals surface area contributed by atoms with Gasteiger partial charge >= 0.3 is 0 Å². The second-order valence-electron chi connectivity index (χ2n) is 9.00. The Bertz CT molecular complexity index is 1000. The van der Waals surface area contributed by atoms with Crippen molar-refractivity contribution in [3.05, 3.63) is 24.3 Å². The van der Waals surface area contributed by atoms with Crippen LogP contribution >= 0.6 is 0 Å². The lowest BCUT2D eigenvalue weighted by molar-refractivity contribution is -0.137. The van der Waals surface area contributed by atoms with E-state index >= 15 is 0 Å². The fourth-order valence-electron chi connectivity index (χ4n) is 4.94. The van der Waals surface area contributed by atoms with Gasteiger partial charge in [0.2, 0.25) is 26.0 Å². The maximum absolute atomic E-state index is 13.1. The summed E-state index contributed by atoms with van der Waals surface area (Å²) in [6.07, 6.45) is 7.97.